The van der Waals surface area contributed by atoms with Crippen LogP contribution in [0.25, 0.3) is 0 Å². The van der Waals surface area contributed by atoms with E-state index < -0.39 is 10.7 Å². The molecule has 0 saturated carbocycles. The normalized spacial score (nSPS) is 10.3. The van der Waals surface area contributed by atoms with Crippen LogP contribution in [-0.2, 0) is 6.54 Å². The largest absolute Gasteiger partial charge is 0.378 e. The van der Waals surface area contributed by atoms with Gasteiger partial charge in [0.15, 0.2) is 0 Å². The minimum absolute atomic E-state index is 0.00165. The molecule has 20 heavy (non-hydrogen) atoms. The van der Waals surface area contributed by atoms with E-state index in [-0.39, 0.29) is 12.2 Å². The lowest BCUT2D eigenvalue weighted by Gasteiger charge is -2.09. The van der Waals surface area contributed by atoms with Crippen LogP contribution < -0.4 is 5.32 Å². The number of halogens is 3. The average Bonchev–Trinajstić information content (AvgIpc) is 2.37. The summed E-state index contributed by atoms with van der Waals surface area (Å²) in [6.45, 7) is 0.161. The highest BCUT2D eigenvalue weighted by atomic mass is 79.9. The van der Waals surface area contributed by atoms with Crippen molar-refractivity contribution in [1.82, 2.24) is 0 Å². The van der Waals surface area contributed by atoms with Crippen molar-refractivity contribution in [1.29, 1.82) is 0 Å². The molecule has 0 radical (unpaired) electrons. The maximum atomic E-state index is 13.7. The molecule has 2 aromatic carbocycles. The summed E-state index contributed by atoms with van der Waals surface area (Å²) in [7, 11) is 0. The number of hydrogen-bond acceptors (Lipinski definition) is 3. The molecule has 2 aromatic rings. The number of nitro benzene ring substituents is 1. The average molecular weight is 404 g/mol. The van der Waals surface area contributed by atoms with Gasteiger partial charge in [-0.1, -0.05) is 31.9 Å². The molecule has 0 spiro atoms. The van der Waals surface area contributed by atoms with Gasteiger partial charge >= 0.3 is 0 Å². The number of nitrogens with zero attached hydrogens (tertiary/aromatic N) is 1. The van der Waals surface area contributed by atoms with E-state index in [4.69, 9.17) is 0 Å². The summed E-state index contributed by atoms with van der Waals surface area (Å²) in [5, 5.41) is 13.8. The van der Waals surface area contributed by atoms with Gasteiger partial charge in [-0.05, 0) is 30.3 Å². The molecule has 0 bridgehead atoms. The van der Waals surface area contributed by atoms with Crippen LogP contribution in [-0.4, -0.2) is 4.92 Å². The molecular weight excluding hydrogens is 395 g/mol. The number of anilines is 1. The van der Waals surface area contributed by atoms with E-state index in [2.05, 4.69) is 37.2 Å². The second-order valence-corrected chi connectivity index (χ2v) is 5.84. The number of hydrogen-bond donors (Lipinski definition) is 1. The Morgan fingerprint density at radius 1 is 1.15 bits per heavy atom. The molecule has 0 amide bonds. The Morgan fingerprint density at radius 3 is 2.45 bits per heavy atom. The third-order valence-corrected chi connectivity index (χ3v) is 3.63. The maximum Gasteiger partial charge on any atom is 0.274 e. The highest BCUT2D eigenvalue weighted by Crippen LogP contribution is 2.25. The second-order valence-electron chi connectivity index (χ2n) is 4.01. The van der Waals surface area contributed by atoms with E-state index in [9.17, 15) is 14.5 Å². The molecular formula is C13H9Br2FN2O2. The van der Waals surface area contributed by atoms with Gasteiger partial charge in [0.05, 0.1) is 10.6 Å². The Kier molecular flexibility index (Phi) is 4.72. The minimum atomic E-state index is -0.457. The van der Waals surface area contributed by atoms with Crippen molar-refractivity contribution in [3.63, 3.8) is 0 Å². The van der Waals surface area contributed by atoms with Crippen LogP contribution in [0.2, 0.25) is 0 Å². The van der Waals surface area contributed by atoms with Gasteiger partial charge in [-0.15, -0.1) is 0 Å². The third-order valence-electron chi connectivity index (χ3n) is 2.64. The van der Waals surface area contributed by atoms with Crippen LogP contribution in [0.5, 0.6) is 0 Å². The summed E-state index contributed by atoms with van der Waals surface area (Å²) in [6, 6.07) is 9.25. The molecule has 0 aliphatic carbocycles. The van der Waals surface area contributed by atoms with Crippen molar-refractivity contribution >= 4 is 43.2 Å². The molecule has 2 rings (SSSR count). The zero-order valence-electron chi connectivity index (χ0n) is 10.1. The van der Waals surface area contributed by atoms with Gasteiger partial charge in [0.1, 0.15) is 5.82 Å². The first-order valence-electron chi connectivity index (χ1n) is 5.59. The molecule has 7 heteroatoms. The van der Waals surface area contributed by atoms with Crippen LogP contribution in [0, 0.1) is 15.9 Å². The standard InChI is InChI=1S/C13H9Br2FN2O2/c14-9-2-4-13(18(19)20)8(5-9)7-17-12-3-1-10(15)6-11(12)16/h1-6,17H,7H2. The minimum Gasteiger partial charge on any atom is -0.378 e. The topological polar surface area (TPSA) is 55.2 Å². The van der Waals surface area contributed by atoms with Crippen LogP contribution in [0.3, 0.4) is 0 Å². The lowest BCUT2D eigenvalue weighted by Crippen LogP contribution is -2.04. The Labute approximate surface area is 131 Å². The van der Waals surface area contributed by atoms with Crippen molar-refractivity contribution < 1.29 is 9.31 Å². The second kappa shape index (κ2) is 6.32. The van der Waals surface area contributed by atoms with E-state index in [0.717, 1.165) is 4.47 Å². The fourth-order valence-corrected chi connectivity index (χ4v) is 2.44. The molecule has 0 aliphatic heterocycles. The monoisotopic (exact) mass is 402 g/mol. The van der Waals surface area contributed by atoms with Gasteiger partial charge in [-0.3, -0.25) is 10.1 Å². The molecule has 1 N–H and O–H groups in total. The van der Waals surface area contributed by atoms with Crippen molar-refractivity contribution in [3.8, 4) is 0 Å². The van der Waals surface area contributed by atoms with Gasteiger partial charge in [0, 0.05) is 27.1 Å². The van der Waals surface area contributed by atoms with E-state index in [1.165, 1.54) is 12.1 Å². The van der Waals surface area contributed by atoms with E-state index >= 15 is 0 Å². The molecule has 0 fully saturated rings. The van der Waals surface area contributed by atoms with E-state index in [1.54, 1.807) is 24.3 Å². The molecule has 0 unspecified atom stereocenters. The molecule has 0 atom stereocenters. The molecule has 0 heterocycles. The van der Waals surface area contributed by atoms with Gasteiger partial charge in [-0.2, -0.15) is 0 Å². The summed E-state index contributed by atoms with van der Waals surface area (Å²) < 4.78 is 15.0. The summed E-state index contributed by atoms with van der Waals surface area (Å²) in [4.78, 5) is 10.5. The molecule has 104 valence electrons. The Bertz CT molecular complexity index is 665. The molecule has 4 nitrogen and oxygen atoms in total. The van der Waals surface area contributed by atoms with E-state index in [1.807, 2.05) is 0 Å². The summed E-state index contributed by atoms with van der Waals surface area (Å²) in [5.41, 5.74) is 0.771. The number of nitro groups is 1. The zero-order valence-corrected chi connectivity index (χ0v) is 13.2. The quantitative estimate of drug-likeness (QED) is 0.585. The fourth-order valence-electron chi connectivity index (χ4n) is 1.70. The lowest BCUT2D eigenvalue weighted by atomic mass is 10.1. The van der Waals surface area contributed by atoms with Crippen molar-refractivity contribution in [2.75, 3.05) is 5.32 Å². The lowest BCUT2D eigenvalue weighted by molar-refractivity contribution is -0.385. The van der Waals surface area contributed by atoms with Gasteiger partial charge < -0.3 is 5.32 Å². The Morgan fingerprint density at radius 2 is 1.80 bits per heavy atom. The zero-order chi connectivity index (χ0) is 14.7. The van der Waals surface area contributed by atoms with E-state index in [0.29, 0.717) is 15.7 Å². The smallest absolute Gasteiger partial charge is 0.274 e. The SMILES string of the molecule is O=[N+]([O-])c1ccc(Br)cc1CNc1ccc(Br)cc1F. The number of benzene rings is 2. The number of nitrogens with one attached hydrogen (secondary N) is 1. The van der Waals surface area contributed by atoms with Crippen molar-refractivity contribution in [2.45, 2.75) is 6.54 Å². The maximum absolute atomic E-state index is 13.7. The first-order valence-corrected chi connectivity index (χ1v) is 7.17. The summed E-state index contributed by atoms with van der Waals surface area (Å²) in [5.74, 6) is -0.419. The van der Waals surface area contributed by atoms with Crippen molar-refractivity contribution in [3.05, 3.63) is 66.8 Å². The third kappa shape index (κ3) is 3.55. The molecule has 0 saturated heterocycles. The van der Waals surface area contributed by atoms with Gasteiger partial charge in [-0.25, -0.2) is 4.39 Å². The highest BCUT2D eigenvalue weighted by molar-refractivity contribution is 9.10. The summed E-state index contributed by atoms with van der Waals surface area (Å²) >= 11 is 6.43. The predicted octanol–water partition coefficient (Wildman–Crippen LogP) is 4.87. The summed E-state index contributed by atoms with van der Waals surface area (Å²) in [6.07, 6.45) is 0. The van der Waals surface area contributed by atoms with Gasteiger partial charge in [0.2, 0.25) is 0 Å². The Balaban J connectivity index is 2.22. The van der Waals surface area contributed by atoms with Crippen molar-refractivity contribution in [2.24, 2.45) is 0 Å². The van der Waals surface area contributed by atoms with Crippen LogP contribution >= 0.6 is 31.9 Å². The first kappa shape index (κ1) is 14.9. The number of rotatable bonds is 4. The van der Waals surface area contributed by atoms with Gasteiger partial charge in [0.25, 0.3) is 5.69 Å². The molecule has 0 aromatic heterocycles. The van der Waals surface area contributed by atoms with Crippen LogP contribution in [0.15, 0.2) is 45.3 Å². The highest BCUT2D eigenvalue weighted by Gasteiger charge is 2.14. The first-order chi connectivity index (χ1) is 9.47. The predicted molar refractivity (Wildman–Crippen MR) is 82.2 cm³/mol. The van der Waals surface area contributed by atoms with Crippen LogP contribution in [0.4, 0.5) is 15.8 Å². The molecule has 0 aliphatic rings. The Hall–Kier alpha value is -1.47. The van der Waals surface area contributed by atoms with Crippen LogP contribution in [0.1, 0.15) is 5.56 Å². The fraction of sp³-hybridized carbons (Fsp3) is 0.0769.